The van der Waals surface area contributed by atoms with Crippen molar-refractivity contribution < 1.29 is 48.8 Å². The Morgan fingerprint density at radius 2 is 1.26 bits per heavy atom. The van der Waals surface area contributed by atoms with Crippen molar-refractivity contribution in [2.45, 2.75) is 159 Å². The highest BCUT2D eigenvalue weighted by molar-refractivity contribution is 7.46. The molecular weight excluding hydrogens is 527 g/mol. The van der Waals surface area contributed by atoms with Gasteiger partial charge in [0.05, 0.1) is 24.9 Å². The lowest BCUT2D eigenvalue weighted by Crippen LogP contribution is -2.66. The molecule has 0 bridgehead atoms. The Morgan fingerprint density at radius 1 is 0.795 bits per heavy atom. The second kappa shape index (κ2) is 20.7. The third-order valence-electron chi connectivity index (χ3n) is 7.86. The molecule has 0 aromatic heterocycles. The highest BCUT2D eigenvalue weighted by atomic mass is 31.2. The molecular formula is C28H57O10P. The first-order valence-corrected chi connectivity index (χ1v) is 16.7. The lowest BCUT2D eigenvalue weighted by atomic mass is 9.73. The molecule has 1 fully saturated rings. The summed E-state index contributed by atoms with van der Waals surface area (Å²) in [5.41, 5.74) is -2.23. The summed E-state index contributed by atoms with van der Waals surface area (Å²) < 4.78 is 27.5. The molecule has 0 amide bonds. The third kappa shape index (κ3) is 15.1. The van der Waals surface area contributed by atoms with Gasteiger partial charge in [0.25, 0.3) is 0 Å². The summed E-state index contributed by atoms with van der Waals surface area (Å²) in [6.45, 7) is 2.79. The average molecular weight is 585 g/mol. The molecule has 234 valence electrons. The van der Waals surface area contributed by atoms with E-state index in [0.717, 1.165) is 19.3 Å². The van der Waals surface area contributed by atoms with Gasteiger partial charge in [-0.05, 0) is 6.42 Å². The minimum absolute atomic E-state index is 0.0552. The summed E-state index contributed by atoms with van der Waals surface area (Å²) in [5.74, 6) is 0. The van der Waals surface area contributed by atoms with E-state index in [9.17, 15) is 34.8 Å². The molecule has 0 aliphatic heterocycles. The van der Waals surface area contributed by atoms with Gasteiger partial charge in [-0.2, -0.15) is 0 Å². The van der Waals surface area contributed by atoms with Gasteiger partial charge in [-0.25, -0.2) is 4.57 Å². The maximum Gasteiger partial charge on any atom is 0.470 e. The predicted molar refractivity (Wildman–Crippen MR) is 150 cm³/mol. The Kier molecular flexibility index (Phi) is 19.6. The fraction of sp³-hybridized carbons (Fsp3) is 1.00. The fourth-order valence-electron chi connectivity index (χ4n) is 5.43. The van der Waals surface area contributed by atoms with Crippen LogP contribution in [0.15, 0.2) is 0 Å². The van der Waals surface area contributed by atoms with E-state index in [0.29, 0.717) is 6.61 Å². The molecule has 11 heteroatoms. The average Bonchev–Trinajstić information content (AvgIpc) is 2.88. The standard InChI is InChI=1S/C28H57O10P/c1-3-4-5-6-7-8-9-10-11-12-13-14-15-16-17-18-19-37-22-23(36-2)21-28(38-39(33,34)35)25(30)20-24(29)26(31)27(28)32/h23-27,29-32H,3-22H2,1-2H3,(H2,33,34,35)/t23-,24-,25-,26+,27-,28-/m1/s1. The van der Waals surface area contributed by atoms with Crippen LogP contribution in [0.3, 0.4) is 0 Å². The van der Waals surface area contributed by atoms with Gasteiger partial charge in [0.2, 0.25) is 0 Å². The number of phosphoric acid groups is 1. The van der Waals surface area contributed by atoms with E-state index in [4.69, 9.17) is 14.0 Å². The molecule has 0 saturated heterocycles. The summed E-state index contributed by atoms with van der Waals surface area (Å²) >= 11 is 0. The molecule has 6 N–H and O–H groups in total. The van der Waals surface area contributed by atoms with E-state index in [1.807, 2.05) is 0 Å². The predicted octanol–water partition coefficient (Wildman–Crippen LogP) is 4.37. The fourth-order valence-corrected chi connectivity index (χ4v) is 6.17. The van der Waals surface area contributed by atoms with Crippen LogP contribution in [0.5, 0.6) is 0 Å². The summed E-state index contributed by atoms with van der Waals surface area (Å²) in [6, 6.07) is 0. The highest BCUT2D eigenvalue weighted by Gasteiger charge is 2.58. The molecule has 10 nitrogen and oxygen atoms in total. The van der Waals surface area contributed by atoms with Crippen LogP contribution >= 0.6 is 7.82 Å². The Bertz CT molecular complexity index is 648. The molecule has 0 aromatic carbocycles. The van der Waals surface area contributed by atoms with E-state index < -0.39 is 50.4 Å². The van der Waals surface area contributed by atoms with Crippen LogP contribution in [0.1, 0.15) is 122 Å². The third-order valence-corrected chi connectivity index (χ3v) is 8.44. The van der Waals surface area contributed by atoms with Crippen LogP contribution < -0.4 is 0 Å². The van der Waals surface area contributed by atoms with Gasteiger partial charge < -0.3 is 39.7 Å². The van der Waals surface area contributed by atoms with Crippen molar-refractivity contribution in [3.8, 4) is 0 Å². The van der Waals surface area contributed by atoms with Gasteiger partial charge >= 0.3 is 7.82 Å². The van der Waals surface area contributed by atoms with E-state index in [1.54, 1.807) is 0 Å². The van der Waals surface area contributed by atoms with Gasteiger partial charge in [-0.3, -0.25) is 4.52 Å². The summed E-state index contributed by atoms with van der Waals surface area (Å²) in [7, 11) is -3.79. The topological polar surface area (TPSA) is 166 Å². The second-order valence-electron chi connectivity index (χ2n) is 11.2. The number of phosphoric ester groups is 1. The summed E-state index contributed by atoms with van der Waals surface area (Å²) in [6.07, 6.45) is 12.1. The smallest absolute Gasteiger partial charge is 0.390 e. The minimum Gasteiger partial charge on any atom is -0.390 e. The van der Waals surface area contributed by atoms with Crippen LogP contribution in [0.25, 0.3) is 0 Å². The number of rotatable bonds is 24. The van der Waals surface area contributed by atoms with E-state index in [1.165, 1.54) is 90.6 Å². The lowest BCUT2D eigenvalue weighted by Gasteiger charge is -2.48. The van der Waals surface area contributed by atoms with E-state index in [-0.39, 0.29) is 13.0 Å². The van der Waals surface area contributed by atoms with Crippen LogP contribution in [0, 0.1) is 0 Å². The molecule has 1 aliphatic rings. The van der Waals surface area contributed by atoms with Crippen molar-refractivity contribution in [1.29, 1.82) is 0 Å². The SMILES string of the molecule is CCCCCCCCCCCCCCCCCCOC[C@@H](C[C@@]1(OP(=O)(O)O)[C@H](O)C[C@@H](O)[C@H](O)[C@H]1O)OC. The van der Waals surface area contributed by atoms with E-state index in [2.05, 4.69) is 6.92 Å². The molecule has 0 spiro atoms. The largest absolute Gasteiger partial charge is 0.470 e. The van der Waals surface area contributed by atoms with Crippen molar-refractivity contribution >= 4 is 7.82 Å². The van der Waals surface area contributed by atoms with Crippen LogP contribution in [-0.4, -0.2) is 86.7 Å². The first-order chi connectivity index (χ1) is 18.6. The van der Waals surface area contributed by atoms with Gasteiger partial charge in [0.15, 0.2) is 0 Å². The molecule has 6 atom stereocenters. The second-order valence-corrected chi connectivity index (χ2v) is 12.4. The number of unbranched alkanes of at least 4 members (excludes halogenated alkanes) is 15. The number of aliphatic hydroxyl groups is 4. The lowest BCUT2D eigenvalue weighted by molar-refractivity contribution is -0.235. The van der Waals surface area contributed by atoms with Crippen molar-refractivity contribution in [3.63, 3.8) is 0 Å². The number of hydrogen-bond acceptors (Lipinski definition) is 8. The summed E-state index contributed by atoms with van der Waals surface area (Å²) in [4.78, 5) is 18.8. The van der Waals surface area contributed by atoms with Crippen LogP contribution in [-0.2, 0) is 18.6 Å². The van der Waals surface area contributed by atoms with E-state index >= 15 is 0 Å². The Balaban J connectivity index is 2.19. The number of aliphatic hydroxyl groups excluding tert-OH is 4. The zero-order valence-electron chi connectivity index (χ0n) is 24.3. The Hall–Kier alpha value is -0.130. The Labute approximate surface area is 235 Å². The first kappa shape index (κ1) is 36.9. The highest BCUT2D eigenvalue weighted by Crippen LogP contribution is 2.49. The maximum absolute atomic E-state index is 11.6. The zero-order chi connectivity index (χ0) is 29.2. The quantitative estimate of drug-likeness (QED) is 0.0709. The van der Waals surface area contributed by atoms with Crippen molar-refractivity contribution in [3.05, 3.63) is 0 Å². The van der Waals surface area contributed by atoms with Crippen LogP contribution in [0.4, 0.5) is 0 Å². The van der Waals surface area contributed by atoms with Gasteiger partial charge in [-0.1, -0.05) is 103 Å². The number of ether oxygens (including phenoxy) is 2. The van der Waals surface area contributed by atoms with Crippen LogP contribution in [0.2, 0.25) is 0 Å². The zero-order valence-corrected chi connectivity index (χ0v) is 25.2. The number of methoxy groups -OCH3 is 1. The molecule has 1 saturated carbocycles. The van der Waals surface area contributed by atoms with Crippen molar-refractivity contribution in [1.82, 2.24) is 0 Å². The molecule has 0 aromatic rings. The van der Waals surface area contributed by atoms with Crippen molar-refractivity contribution in [2.75, 3.05) is 20.3 Å². The van der Waals surface area contributed by atoms with Gasteiger partial charge in [0.1, 0.15) is 17.8 Å². The van der Waals surface area contributed by atoms with Gasteiger partial charge in [-0.15, -0.1) is 0 Å². The molecule has 0 heterocycles. The molecule has 1 aliphatic carbocycles. The molecule has 39 heavy (non-hydrogen) atoms. The number of hydrogen-bond donors (Lipinski definition) is 6. The molecule has 1 rings (SSSR count). The normalized spacial score (nSPS) is 26.7. The first-order valence-electron chi connectivity index (χ1n) is 15.2. The monoisotopic (exact) mass is 584 g/mol. The Morgan fingerprint density at radius 3 is 1.69 bits per heavy atom. The maximum atomic E-state index is 11.6. The van der Waals surface area contributed by atoms with Crippen molar-refractivity contribution in [2.24, 2.45) is 0 Å². The summed E-state index contributed by atoms with van der Waals surface area (Å²) in [5, 5.41) is 41.0. The molecule has 0 radical (unpaired) electrons. The molecule has 0 unspecified atom stereocenters. The minimum atomic E-state index is -5.16. The van der Waals surface area contributed by atoms with Gasteiger partial charge in [0, 0.05) is 26.6 Å².